The van der Waals surface area contributed by atoms with Crippen molar-refractivity contribution < 1.29 is 156 Å². The molecule has 64 valence electrons. The zero-order valence-corrected chi connectivity index (χ0v) is 24.7. The Balaban J connectivity index is 0. The van der Waals surface area contributed by atoms with Gasteiger partial charge in [-0.2, -0.15) is 0 Å². The molecule has 8 nitrogen and oxygen atoms in total. The van der Waals surface area contributed by atoms with Crippen LogP contribution in [0.25, 0.3) is 49.2 Å². The van der Waals surface area contributed by atoms with Crippen LogP contribution >= 0.6 is 0 Å². The summed E-state index contributed by atoms with van der Waals surface area (Å²) >= 11 is 0. The normalized spacial score (nSPS) is 0. The number of rotatable bonds is 0. The molecule has 0 aromatic heterocycles. The summed E-state index contributed by atoms with van der Waals surface area (Å²) in [5.41, 5.74) is 0. The Hall–Kier alpha value is 4.94. The third kappa shape index (κ3) is 176. The Morgan fingerprint density at radius 3 is 0.214 bits per heavy atom. The predicted molar refractivity (Wildman–Crippen MR) is 26.9 cm³/mol. The van der Waals surface area contributed by atoms with Crippen molar-refractivity contribution in [2.75, 3.05) is 0 Å². The van der Waals surface area contributed by atoms with E-state index in [4.69, 9.17) is 0 Å². The molecule has 0 saturated heterocycles. The average Bonchev–Trinajstić information content (AvgIpc) is 0. The van der Waals surface area contributed by atoms with E-state index >= 15 is 0 Å². The first-order valence-electron chi connectivity index (χ1n) is 0. The summed E-state index contributed by atoms with van der Waals surface area (Å²) in [6, 6.07) is 0. The summed E-state index contributed by atoms with van der Waals surface area (Å²) in [6.07, 6.45) is 0. The van der Waals surface area contributed by atoms with Crippen LogP contribution in [0.5, 0.6) is 0 Å². The molecule has 0 N–H and O–H groups in total. The first-order chi connectivity index (χ1) is 0. The van der Waals surface area contributed by atoms with Gasteiger partial charge in [0.05, 0.1) is 0 Å². The molecule has 0 radical (unpaired) electrons. The van der Waals surface area contributed by atoms with E-state index in [0.717, 1.165) is 0 Å². The van der Waals surface area contributed by atoms with Gasteiger partial charge >= 0.3 is 156 Å². The average molecular weight is 921 g/mol. The largest absolute Gasteiger partial charge is 4.00 e. The second-order valence-electron chi connectivity index (χ2n) is 0. The zero-order valence-electron chi connectivity index (χ0n) is 6.58. The third-order valence-electron chi connectivity index (χ3n) is 0. The van der Waals surface area contributed by atoms with E-state index in [-0.39, 0.29) is 205 Å². The zero-order chi connectivity index (χ0) is 0. The molecule has 0 spiro atoms. The monoisotopic (exact) mass is 922 g/mol. The quantitative estimate of drug-likeness (QED) is 0.318. The van der Waals surface area contributed by atoms with Gasteiger partial charge in [0.25, 0.3) is 0 Å². The second-order valence-corrected chi connectivity index (χ2v) is 0. The smallest absolute Gasteiger partial charge is 3.00 e. The van der Waals surface area contributed by atoms with E-state index in [2.05, 4.69) is 0 Å². The summed E-state index contributed by atoms with van der Waals surface area (Å²) in [5.74, 6) is 0. The Labute approximate surface area is 201 Å². The van der Waals surface area contributed by atoms with E-state index in [1.54, 1.807) is 0 Å². The van der Waals surface area contributed by atoms with Crippen LogP contribution < -0.4 is 0 Å². The summed E-state index contributed by atoms with van der Waals surface area (Å²) in [7, 11) is 0. The maximum Gasteiger partial charge on any atom is 4.00 e. The van der Waals surface area contributed by atoms with Gasteiger partial charge in [-0.1, -0.05) is 0 Å². The van der Waals surface area contributed by atoms with Gasteiger partial charge < -0.3 is 49.2 Å². The molecule has 14 heteroatoms. The van der Waals surface area contributed by atoms with Gasteiger partial charge in [-0.15, -0.1) is 0 Å². The van der Waals surface area contributed by atoms with Gasteiger partial charge in [0.15, 0.2) is 0 Å². The van der Waals surface area contributed by atoms with Crippen molar-refractivity contribution in [1.82, 2.24) is 0 Å². The number of nitrogens with zero attached hydrogens (tertiary/aromatic N) is 8. The maximum absolute atomic E-state index is 0. The van der Waals surface area contributed by atoms with Gasteiger partial charge in [-0.25, -0.2) is 0 Å². The summed E-state index contributed by atoms with van der Waals surface area (Å²) in [5, 5.41) is 0. The molecule has 0 saturated carbocycles. The third-order valence-corrected chi connectivity index (χ3v) is 0. The fraction of sp³-hybridized carbons (Fsp3) is 0. The molecular weight excluding hydrogens is 921 g/mol. The summed E-state index contributed by atoms with van der Waals surface area (Å²) in [4.78, 5) is 0. The number of hydrogen-bond acceptors (Lipinski definition) is 0. The fourth-order valence-electron chi connectivity index (χ4n) is 0. The Morgan fingerprint density at radius 2 is 0.214 bits per heavy atom. The van der Waals surface area contributed by atoms with Crippen molar-refractivity contribution in [1.29, 1.82) is 0 Å². The van der Waals surface area contributed by atoms with Crippen molar-refractivity contribution in [3.8, 4) is 0 Å². The molecule has 0 aliphatic heterocycles. The van der Waals surface area contributed by atoms with Crippen LogP contribution in [-0.4, -0.2) is 0 Å². The molecule has 0 heterocycles. The second kappa shape index (κ2) is 211. The Bertz CT molecular complexity index is 19.8. The molecule has 0 aliphatic carbocycles. The van der Waals surface area contributed by atoms with E-state index in [1.807, 2.05) is 0 Å². The van der Waals surface area contributed by atoms with Crippen molar-refractivity contribution in [2.45, 2.75) is 0 Å². The minimum atomic E-state index is 0. The summed E-state index contributed by atoms with van der Waals surface area (Å²) in [6.45, 7) is 0. The van der Waals surface area contributed by atoms with Crippen LogP contribution in [0, 0.1) is 0 Å². The Kier molecular flexibility index (Phi) is 3760. The van der Waals surface area contributed by atoms with Gasteiger partial charge in [0, 0.05) is 0 Å². The van der Waals surface area contributed by atoms with Crippen LogP contribution in [0.15, 0.2) is 0 Å². The van der Waals surface area contributed by atoms with Crippen LogP contribution in [0.4, 0.5) is 0 Å². The molecule has 0 amide bonds. The minimum absolute atomic E-state index is 0. The van der Waals surface area contributed by atoms with Crippen molar-refractivity contribution in [2.24, 2.45) is 0 Å². The molecule has 0 atom stereocenters. The van der Waals surface area contributed by atoms with Gasteiger partial charge in [0.1, 0.15) is 0 Å². The van der Waals surface area contributed by atoms with Crippen LogP contribution in [0.2, 0.25) is 0 Å². The van der Waals surface area contributed by atoms with Crippen molar-refractivity contribution >= 4 is 0 Å². The van der Waals surface area contributed by atoms with Crippen LogP contribution in [-0.2, 0) is 156 Å². The summed E-state index contributed by atoms with van der Waals surface area (Å²) < 4.78 is 0. The molecule has 0 fully saturated rings. The van der Waals surface area contributed by atoms with Crippen molar-refractivity contribution in [3.63, 3.8) is 0 Å². The first-order valence-corrected chi connectivity index (χ1v) is 0. The topological polar surface area (TPSA) is 244 Å². The SMILES string of the molecule is [Hf+4].[Hf+4].[Hf+4].[N-3].[N-3].[N-3].[N-3].[N-3].[N-3].[N-3].[N-3].[Zr+4].[Zr+4].[Zr+4]. The fourth-order valence-corrected chi connectivity index (χ4v) is 0. The molecule has 0 aromatic carbocycles. The standard InChI is InChI=1S/3Hf.8N.3Zr/q3*+4;8*-3;3*+4. The first kappa shape index (κ1) is 250. The van der Waals surface area contributed by atoms with Gasteiger partial charge in [-0.3, -0.25) is 0 Å². The van der Waals surface area contributed by atoms with E-state index < -0.39 is 0 Å². The number of hydrogen-bond donors (Lipinski definition) is 0. The van der Waals surface area contributed by atoms with Gasteiger partial charge in [0.2, 0.25) is 0 Å². The van der Waals surface area contributed by atoms with E-state index in [0.29, 0.717) is 0 Å². The molecular formula is Hf3N8Zr3. The Morgan fingerprint density at radius 1 is 0.214 bits per heavy atom. The van der Waals surface area contributed by atoms with Gasteiger partial charge in [-0.05, 0) is 0 Å². The minimum Gasteiger partial charge on any atom is -3.00 e. The molecule has 0 aliphatic rings. The molecule has 0 bridgehead atoms. The van der Waals surface area contributed by atoms with E-state index in [1.165, 1.54) is 0 Å². The van der Waals surface area contributed by atoms with Crippen LogP contribution in [0.3, 0.4) is 0 Å². The van der Waals surface area contributed by atoms with Crippen LogP contribution in [0.1, 0.15) is 0 Å². The molecule has 0 unspecified atom stereocenters. The predicted octanol–water partition coefficient (Wildman–Crippen LogP) is 2.29. The molecule has 0 rings (SSSR count). The molecule has 0 aromatic rings. The van der Waals surface area contributed by atoms with Crippen molar-refractivity contribution in [3.05, 3.63) is 49.2 Å². The maximum atomic E-state index is 0. The molecule has 14 heavy (non-hydrogen) atoms. The van der Waals surface area contributed by atoms with E-state index in [9.17, 15) is 0 Å².